The lowest BCUT2D eigenvalue weighted by atomic mass is 9.71. The summed E-state index contributed by atoms with van der Waals surface area (Å²) < 4.78 is 0. The Morgan fingerprint density at radius 1 is 0.923 bits per heavy atom. The highest BCUT2D eigenvalue weighted by Crippen LogP contribution is 2.46. The van der Waals surface area contributed by atoms with Gasteiger partial charge >= 0.3 is 0 Å². The molecule has 2 aromatic carbocycles. The Labute approximate surface area is 166 Å². The van der Waals surface area contributed by atoms with E-state index in [1.54, 1.807) is 0 Å². The average molecular weight is 384 g/mol. The van der Waals surface area contributed by atoms with Crippen molar-refractivity contribution in [2.24, 2.45) is 10.4 Å². The van der Waals surface area contributed by atoms with Crippen molar-refractivity contribution in [2.75, 3.05) is 0 Å². The first kappa shape index (κ1) is 19.0. The fourth-order valence-corrected chi connectivity index (χ4v) is 3.68. The third-order valence-corrected chi connectivity index (χ3v) is 6.07. The highest BCUT2D eigenvalue weighted by molar-refractivity contribution is 6.32. The summed E-state index contributed by atoms with van der Waals surface area (Å²) >= 11 is 12.6. The molecule has 2 aromatic rings. The van der Waals surface area contributed by atoms with Gasteiger partial charge in [-0.05, 0) is 44.5 Å². The Morgan fingerprint density at radius 2 is 1.54 bits per heavy atom. The minimum atomic E-state index is -0.176. The molecular weight excluding hydrogens is 361 g/mol. The molecule has 0 saturated carbocycles. The van der Waals surface area contributed by atoms with E-state index in [0.29, 0.717) is 10.0 Å². The molecule has 1 nitrogen and oxygen atoms in total. The fourth-order valence-electron chi connectivity index (χ4n) is 3.32. The smallest absolute Gasteiger partial charge is 0.0653 e. The molecule has 1 aliphatic rings. The normalized spacial score (nSPS) is 17.7. The van der Waals surface area contributed by atoms with Crippen LogP contribution in [0.15, 0.2) is 64.8 Å². The van der Waals surface area contributed by atoms with Crippen LogP contribution in [0, 0.1) is 5.41 Å². The van der Waals surface area contributed by atoms with Gasteiger partial charge in [0.15, 0.2) is 0 Å². The van der Waals surface area contributed by atoms with Gasteiger partial charge in [-0.15, -0.1) is 5.73 Å². The van der Waals surface area contributed by atoms with Crippen LogP contribution in [0.1, 0.15) is 45.7 Å². The zero-order chi connectivity index (χ0) is 19.1. The van der Waals surface area contributed by atoms with Crippen LogP contribution in [-0.4, -0.2) is 11.3 Å². The van der Waals surface area contributed by atoms with Crippen LogP contribution in [0.25, 0.3) is 5.57 Å². The van der Waals surface area contributed by atoms with Crippen LogP contribution in [-0.2, 0) is 0 Å². The average Bonchev–Trinajstić information content (AvgIpc) is 2.71. The van der Waals surface area contributed by atoms with Gasteiger partial charge in [0.05, 0.1) is 5.54 Å². The van der Waals surface area contributed by atoms with Crippen LogP contribution in [0.5, 0.6) is 0 Å². The van der Waals surface area contributed by atoms with E-state index in [4.69, 9.17) is 28.2 Å². The third kappa shape index (κ3) is 3.28. The van der Waals surface area contributed by atoms with Crippen LogP contribution in [0.3, 0.4) is 0 Å². The van der Waals surface area contributed by atoms with E-state index in [1.807, 2.05) is 48.5 Å². The zero-order valence-electron chi connectivity index (χ0n) is 15.8. The monoisotopic (exact) mass is 383 g/mol. The van der Waals surface area contributed by atoms with Crippen LogP contribution >= 0.6 is 23.2 Å². The van der Waals surface area contributed by atoms with Crippen LogP contribution < -0.4 is 0 Å². The number of hydrogen-bond acceptors (Lipinski definition) is 1. The molecule has 0 spiro atoms. The second-order valence-corrected chi connectivity index (χ2v) is 8.59. The highest BCUT2D eigenvalue weighted by atomic mass is 35.5. The van der Waals surface area contributed by atoms with E-state index in [0.717, 1.165) is 28.0 Å². The molecule has 3 rings (SSSR count). The lowest BCUT2D eigenvalue weighted by Crippen LogP contribution is -2.34. The number of benzene rings is 2. The molecule has 26 heavy (non-hydrogen) atoms. The van der Waals surface area contributed by atoms with Crippen molar-refractivity contribution in [3.63, 3.8) is 0 Å². The molecule has 3 heteroatoms. The lowest BCUT2D eigenvalue weighted by Gasteiger charge is -2.33. The summed E-state index contributed by atoms with van der Waals surface area (Å²) in [6, 6.07) is 15.7. The molecule has 1 heterocycles. The van der Waals surface area contributed by atoms with Crippen molar-refractivity contribution in [3.8, 4) is 0 Å². The van der Waals surface area contributed by atoms with Gasteiger partial charge in [0.1, 0.15) is 0 Å². The minimum Gasteiger partial charge on any atom is -0.282 e. The third-order valence-electron chi connectivity index (χ3n) is 5.49. The highest BCUT2D eigenvalue weighted by Gasteiger charge is 2.45. The van der Waals surface area contributed by atoms with E-state index in [-0.39, 0.29) is 11.0 Å². The summed E-state index contributed by atoms with van der Waals surface area (Å²) in [6.45, 7) is 10.8. The van der Waals surface area contributed by atoms with Gasteiger partial charge in [-0.3, -0.25) is 4.99 Å². The van der Waals surface area contributed by atoms with Gasteiger partial charge < -0.3 is 0 Å². The Bertz CT molecular complexity index is 940. The van der Waals surface area contributed by atoms with Crippen LogP contribution in [0.2, 0.25) is 10.0 Å². The maximum atomic E-state index is 6.52. The standard InChI is InChI=1S/C23H23Cl2N/c1-15-20(22(2,3)23(4,5)26-15)14-19(16-10-12-17(24)13-11-16)18-8-6-7-9-21(18)25/h6-13H,1-5H3. The lowest BCUT2D eigenvalue weighted by molar-refractivity contribution is 0.284. The van der Waals surface area contributed by atoms with Crippen molar-refractivity contribution in [3.05, 3.63) is 81.0 Å². The molecule has 0 amide bonds. The van der Waals surface area contributed by atoms with E-state index in [1.165, 1.54) is 0 Å². The Kier molecular flexibility index (Phi) is 4.92. The molecule has 0 radical (unpaired) electrons. The maximum Gasteiger partial charge on any atom is 0.0653 e. The SMILES string of the molecule is CC1=NC(C)(C)C(C)(C)C1=C=C(c1ccc(Cl)cc1)c1ccccc1Cl. The molecule has 0 bridgehead atoms. The number of halogens is 2. The van der Waals surface area contributed by atoms with Gasteiger partial charge in [0.2, 0.25) is 0 Å². The first-order chi connectivity index (χ1) is 12.1. The van der Waals surface area contributed by atoms with Gasteiger partial charge in [-0.1, -0.05) is 67.4 Å². The molecular formula is C23H23Cl2N. The van der Waals surface area contributed by atoms with E-state index in [2.05, 4.69) is 40.3 Å². The molecule has 0 aliphatic carbocycles. The second kappa shape index (κ2) is 6.74. The molecule has 0 aromatic heterocycles. The van der Waals surface area contributed by atoms with Crippen LogP contribution in [0.4, 0.5) is 0 Å². The molecule has 0 atom stereocenters. The summed E-state index contributed by atoms with van der Waals surface area (Å²) in [6.07, 6.45) is 0. The summed E-state index contributed by atoms with van der Waals surface area (Å²) in [5, 5.41) is 1.41. The van der Waals surface area contributed by atoms with Gasteiger partial charge in [0.25, 0.3) is 0 Å². The van der Waals surface area contributed by atoms with E-state index < -0.39 is 0 Å². The van der Waals surface area contributed by atoms with Gasteiger partial charge in [-0.2, -0.15) is 0 Å². The first-order valence-electron chi connectivity index (χ1n) is 8.72. The Hall–Kier alpha value is -1.79. The summed E-state index contributed by atoms with van der Waals surface area (Å²) in [5.41, 5.74) is 8.47. The zero-order valence-corrected chi connectivity index (χ0v) is 17.3. The van der Waals surface area contributed by atoms with Crippen molar-refractivity contribution in [1.82, 2.24) is 0 Å². The Morgan fingerprint density at radius 3 is 2.08 bits per heavy atom. The van der Waals surface area contributed by atoms with Gasteiger partial charge in [-0.25, -0.2) is 0 Å². The van der Waals surface area contributed by atoms with Gasteiger partial charge in [0, 0.05) is 37.9 Å². The quantitative estimate of drug-likeness (QED) is 0.484. The second-order valence-electron chi connectivity index (χ2n) is 7.74. The summed E-state index contributed by atoms with van der Waals surface area (Å²) in [4.78, 5) is 4.88. The predicted molar refractivity (Wildman–Crippen MR) is 113 cm³/mol. The number of nitrogens with zero attached hydrogens (tertiary/aromatic N) is 1. The molecule has 0 N–H and O–H groups in total. The maximum absolute atomic E-state index is 6.52. The van der Waals surface area contributed by atoms with Crippen molar-refractivity contribution < 1.29 is 0 Å². The first-order valence-corrected chi connectivity index (χ1v) is 9.48. The molecule has 0 fully saturated rings. The van der Waals surface area contributed by atoms with Crippen molar-refractivity contribution in [1.29, 1.82) is 0 Å². The van der Waals surface area contributed by atoms with Crippen molar-refractivity contribution >= 4 is 34.5 Å². The van der Waals surface area contributed by atoms with E-state index >= 15 is 0 Å². The minimum absolute atomic E-state index is 0.129. The predicted octanol–water partition coefficient (Wildman–Crippen LogP) is 7.23. The fraction of sp³-hybridized carbons (Fsp3) is 0.304. The molecule has 0 unspecified atom stereocenters. The van der Waals surface area contributed by atoms with Crippen molar-refractivity contribution in [2.45, 2.75) is 40.2 Å². The molecule has 134 valence electrons. The largest absolute Gasteiger partial charge is 0.282 e. The molecule has 1 aliphatic heterocycles. The number of aliphatic imine (C=N–C) groups is 1. The molecule has 0 saturated heterocycles. The number of rotatable bonds is 2. The summed E-state index contributed by atoms with van der Waals surface area (Å²) in [5.74, 6) is 0. The van der Waals surface area contributed by atoms with E-state index in [9.17, 15) is 0 Å². The summed E-state index contributed by atoms with van der Waals surface area (Å²) in [7, 11) is 0. The Balaban J connectivity index is 2.35. The topological polar surface area (TPSA) is 12.4 Å². The number of hydrogen-bond donors (Lipinski definition) is 0.